The van der Waals surface area contributed by atoms with Gasteiger partial charge in [-0.1, -0.05) is 42.5 Å². The van der Waals surface area contributed by atoms with E-state index in [2.05, 4.69) is 29.6 Å². The molecule has 0 saturated heterocycles. The van der Waals surface area contributed by atoms with Gasteiger partial charge in [0.2, 0.25) is 0 Å². The van der Waals surface area contributed by atoms with E-state index in [0.717, 1.165) is 18.5 Å². The molecule has 2 heteroatoms. The average molecular weight is 269 g/mol. The van der Waals surface area contributed by atoms with Crippen molar-refractivity contribution in [3.05, 3.63) is 71.5 Å². The highest BCUT2D eigenvalue weighted by molar-refractivity contribution is 5.25. The Labute approximate surface area is 119 Å². The van der Waals surface area contributed by atoms with E-state index in [1.54, 1.807) is 12.1 Å². The standard InChI is InChI=1S/C18H20FN/c19-17-8-4-7-15(12-17)16(13-20-18-9-10-18)11-14-5-2-1-3-6-14/h1-8,12,16,18,20H,9-11,13H2. The van der Waals surface area contributed by atoms with Gasteiger partial charge in [0.15, 0.2) is 0 Å². The molecule has 0 spiro atoms. The maximum Gasteiger partial charge on any atom is 0.123 e. The third-order valence-electron chi connectivity index (χ3n) is 3.88. The van der Waals surface area contributed by atoms with E-state index in [1.165, 1.54) is 24.5 Å². The molecule has 1 aliphatic carbocycles. The van der Waals surface area contributed by atoms with Gasteiger partial charge in [-0.3, -0.25) is 0 Å². The summed E-state index contributed by atoms with van der Waals surface area (Å²) >= 11 is 0. The van der Waals surface area contributed by atoms with Crippen LogP contribution in [0.1, 0.15) is 29.9 Å². The Morgan fingerprint density at radius 2 is 1.85 bits per heavy atom. The molecule has 2 aromatic carbocycles. The molecule has 1 N–H and O–H groups in total. The van der Waals surface area contributed by atoms with Crippen LogP contribution in [-0.2, 0) is 6.42 Å². The van der Waals surface area contributed by atoms with Gasteiger partial charge in [0.1, 0.15) is 5.82 Å². The minimum Gasteiger partial charge on any atom is -0.313 e. The Morgan fingerprint density at radius 1 is 1.05 bits per heavy atom. The lowest BCUT2D eigenvalue weighted by Gasteiger charge is -2.18. The zero-order chi connectivity index (χ0) is 13.8. The van der Waals surface area contributed by atoms with Gasteiger partial charge in [0, 0.05) is 18.5 Å². The largest absolute Gasteiger partial charge is 0.313 e. The van der Waals surface area contributed by atoms with Crippen LogP contribution < -0.4 is 5.32 Å². The third-order valence-corrected chi connectivity index (χ3v) is 3.88. The topological polar surface area (TPSA) is 12.0 Å². The fourth-order valence-corrected chi connectivity index (χ4v) is 2.56. The maximum atomic E-state index is 13.5. The van der Waals surface area contributed by atoms with E-state index < -0.39 is 0 Å². The molecule has 2 aromatic rings. The summed E-state index contributed by atoms with van der Waals surface area (Å²) in [6.45, 7) is 0.920. The summed E-state index contributed by atoms with van der Waals surface area (Å²) in [4.78, 5) is 0. The lowest BCUT2D eigenvalue weighted by Crippen LogP contribution is -2.24. The molecule has 1 atom stereocenters. The summed E-state index contributed by atoms with van der Waals surface area (Å²) in [6.07, 6.45) is 3.51. The fraction of sp³-hybridized carbons (Fsp3) is 0.333. The summed E-state index contributed by atoms with van der Waals surface area (Å²) in [5, 5.41) is 3.57. The van der Waals surface area contributed by atoms with Crippen molar-refractivity contribution in [2.24, 2.45) is 0 Å². The molecule has 104 valence electrons. The zero-order valence-electron chi connectivity index (χ0n) is 11.6. The van der Waals surface area contributed by atoms with Crippen molar-refractivity contribution in [1.29, 1.82) is 0 Å². The molecule has 1 fully saturated rings. The van der Waals surface area contributed by atoms with Crippen LogP contribution in [-0.4, -0.2) is 12.6 Å². The van der Waals surface area contributed by atoms with Crippen LogP contribution in [0.4, 0.5) is 4.39 Å². The minimum atomic E-state index is -0.146. The van der Waals surface area contributed by atoms with E-state index in [-0.39, 0.29) is 5.82 Å². The highest BCUT2D eigenvalue weighted by Gasteiger charge is 2.22. The van der Waals surface area contributed by atoms with Gasteiger partial charge in [0.25, 0.3) is 0 Å². The van der Waals surface area contributed by atoms with Crippen LogP contribution >= 0.6 is 0 Å². The van der Waals surface area contributed by atoms with Gasteiger partial charge in [-0.2, -0.15) is 0 Å². The van der Waals surface area contributed by atoms with E-state index in [0.29, 0.717) is 12.0 Å². The highest BCUT2D eigenvalue weighted by atomic mass is 19.1. The van der Waals surface area contributed by atoms with Crippen molar-refractivity contribution in [2.45, 2.75) is 31.2 Å². The first-order valence-corrected chi connectivity index (χ1v) is 7.34. The zero-order valence-corrected chi connectivity index (χ0v) is 11.6. The van der Waals surface area contributed by atoms with Crippen molar-refractivity contribution in [3.8, 4) is 0 Å². The number of nitrogens with one attached hydrogen (secondary N) is 1. The molecule has 1 aliphatic rings. The molecule has 0 radical (unpaired) electrons. The quantitative estimate of drug-likeness (QED) is 0.838. The van der Waals surface area contributed by atoms with Gasteiger partial charge in [-0.25, -0.2) is 4.39 Å². The fourth-order valence-electron chi connectivity index (χ4n) is 2.56. The van der Waals surface area contributed by atoms with Crippen LogP contribution in [0.5, 0.6) is 0 Å². The lowest BCUT2D eigenvalue weighted by atomic mass is 9.92. The number of halogens is 1. The second-order valence-electron chi connectivity index (χ2n) is 5.62. The van der Waals surface area contributed by atoms with Gasteiger partial charge in [-0.15, -0.1) is 0 Å². The van der Waals surface area contributed by atoms with Crippen molar-refractivity contribution in [2.75, 3.05) is 6.54 Å². The van der Waals surface area contributed by atoms with Crippen LogP contribution in [0.3, 0.4) is 0 Å². The van der Waals surface area contributed by atoms with Crippen LogP contribution in [0, 0.1) is 5.82 Å². The molecule has 0 heterocycles. The molecule has 0 amide bonds. The van der Waals surface area contributed by atoms with E-state index in [9.17, 15) is 4.39 Å². The van der Waals surface area contributed by atoms with Crippen LogP contribution in [0.2, 0.25) is 0 Å². The molecule has 0 aromatic heterocycles. The predicted molar refractivity (Wildman–Crippen MR) is 80.3 cm³/mol. The van der Waals surface area contributed by atoms with Gasteiger partial charge < -0.3 is 5.32 Å². The van der Waals surface area contributed by atoms with Crippen molar-refractivity contribution < 1.29 is 4.39 Å². The lowest BCUT2D eigenvalue weighted by molar-refractivity contribution is 0.569. The molecule has 0 bridgehead atoms. The van der Waals surface area contributed by atoms with Crippen LogP contribution in [0.25, 0.3) is 0 Å². The van der Waals surface area contributed by atoms with Crippen molar-refractivity contribution in [3.63, 3.8) is 0 Å². The summed E-state index contributed by atoms with van der Waals surface area (Å²) in [5.41, 5.74) is 2.39. The Balaban J connectivity index is 1.75. The molecule has 1 nitrogen and oxygen atoms in total. The Bertz CT molecular complexity index is 548. The molecular weight excluding hydrogens is 249 g/mol. The van der Waals surface area contributed by atoms with Gasteiger partial charge in [-0.05, 0) is 42.5 Å². The van der Waals surface area contributed by atoms with E-state index >= 15 is 0 Å². The van der Waals surface area contributed by atoms with E-state index in [1.807, 2.05) is 12.1 Å². The van der Waals surface area contributed by atoms with E-state index in [4.69, 9.17) is 0 Å². The number of benzene rings is 2. The Hall–Kier alpha value is -1.67. The first kappa shape index (κ1) is 13.3. The second kappa shape index (κ2) is 6.19. The first-order chi connectivity index (χ1) is 9.81. The van der Waals surface area contributed by atoms with Crippen molar-refractivity contribution >= 4 is 0 Å². The molecule has 1 unspecified atom stereocenters. The highest BCUT2D eigenvalue weighted by Crippen LogP contribution is 2.24. The first-order valence-electron chi connectivity index (χ1n) is 7.34. The molecule has 3 rings (SSSR count). The SMILES string of the molecule is Fc1cccc(C(CNC2CC2)Cc2ccccc2)c1. The number of hydrogen-bond acceptors (Lipinski definition) is 1. The summed E-state index contributed by atoms with van der Waals surface area (Å²) in [5.74, 6) is 0.181. The summed E-state index contributed by atoms with van der Waals surface area (Å²) in [6, 6.07) is 18.1. The maximum absolute atomic E-state index is 13.5. The Morgan fingerprint density at radius 3 is 2.55 bits per heavy atom. The smallest absolute Gasteiger partial charge is 0.123 e. The molecular formula is C18H20FN. The van der Waals surface area contributed by atoms with Gasteiger partial charge in [0.05, 0.1) is 0 Å². The van der Waals surface area contributed by atoms with Crippen LogP contribution in [0.15, 0.2) is 54.6 Å². The molecule has 20 heavy (non-hydrogen) atoms. The normalized spacial score (nSPS) is 16.1. The summed E-state index contributed by atoms with van der Waals surface area (Å²) < 4.78 is 13.5. The Kier molecular flexibility index (Phi) is 4.12. The monoisotopic (exact) mass is 269 g/mol. The minimum absolute atomic E-state index is 0.146. The average Bonchev–Trinajstić information content (AvgIpc) is 3.29. The van der Waals surface area contributed by atoms with Crippen molar-refractivity contribution in [1.82, 2.24) is 5.32 Å². The molecule has 1 saturated carbocycles. The van der Waals surface area contributed by atoms with Gasteiger partial charge >= 0.3 is 0 Å². The number of rotatable bonds is 6. The third kappa shape index (κ3) is 3.67. The summed E-state index contributed by atoms with van der Waals surface area (Å²) in [7, 11) is 0. The number of hydrogen-bond donors (Lipinski definition) is 1. The molecule has 0 aliphatic heterocycles. The predicted octanol–water partition coefficient (Wildman–Crippen LogP) is 3.90. The second-order valence-corrected chi connectivity index (χ2v) is 5.62.